The van der Waals surface area contributed by atoms with Gasteiger partial charge < -0.3 is 15.0 Å². The van der Waals surface area contributed by atoms with Crippen LogP contribution in [-0.4, -0.2) is 50.0 Å². The first-order valence-electron chi connectivity index (χ1n) is 12.6. The molecule has 0 radical (unpaired) electrons. The van der Waals surface area contributed by atoms with E-state index in [9.17, 15) is 18.0 Å². The smallest absolute Gasteiger partial charge is 0.244 e. The number of sulfonamides is 1. The predicted molar refractivity (Wildman–Crippen MR) is 155 cm³/mol. The average Bonchev–Trinajstić information content (AvgIpc) is 2.88. The first kappa shape index (κ1) is 30.0. The molecule has 0 aliphatic carbocycles. The largest absolute Gasteiger partial charge is 0.457 e. The van der Waals surface area contributed by atoms with Crippen LogP contribution in [0.2, 0.25) is 5.02 Å². The van der Waals surface area contributed by atoms with E-state index in [4.69, 9.17) is 16.3 Å². The number of hydrogen-bond donors (Lipinski definition) is 1. The van der Waals surface area contributed by atoms with E-state index in [2.05, 4.69) is 5.32 Å². The van der Waals surface area contributed by atoms with Gasteiger partial charge in [0.15, 0.2) is 0 Å². The zero-order valence-corrected chi connectivity index (χ0v) is 24.1. The minimum atomic E-state index is -3.85. The Bertz CT molecular complexity index is 1370. The molecule has 0 aliphatic rings. The number of amides is 2. The lowest BCUT2D eigenvalue weighted by atomic mass is 10.1. The number of halogens is 1. The molecule has 2 amide bonds. The molecule has 0 bridgehead atoms. The number of benzene rings is 3. The second-order valence-corrected chi connectivity index (χ2v) is 11.7. The van der Waals surface area contributed by atoms with Gasteiger partial charge in [-0.3, -0.25) is 13.9 Å². The van der Waals surface area contributed by atoms with Crippen molar-refractivity contribution in [3.05, 3.63) is 89.4 Å². The van der Waals surface area contributed by atoms with E-state index < -0.39 is 28.5 Å². The summed E-state index contributed by atoms with van der Waals surface area (Å²) in [6, 6.07) is 21.7. The van der Waals surface area contributed by atoms with Gasteiger partial charge >= 0.3 is 0 Å². The van der Waals surface area contributed by atoms with Crippen LogP contribution < -0.4 is 14.4 Å². The van der Waals surface area contributed by atoms with Crippen LogP contribution in [0, 0.1) is 0 Å². The van der Waals surface area contributed by atoms with E-state index in [1.807, 2.05) is 44.2 Å². The van der Waals surface area contributed by atoms with Gasteiger partial charge in [-0.15, -0.1) is 0 Å². The molecule has 3 aromatic carbocycles. The maximum atomic E-state index is 13.8. The Labute approximate surface area is 235 Å². The highest BCUT2D eigenvalue weighted by Gasteiger charge is 2.32. The van der Waals surface area contributed by atoms with E-state index in [-0.39, 0.29) is 18.5 Å². The maximum Gasteiger partial charge on any atom is 0.244 e. The van der Waals surface area contributed by atoms with Crippen LogP contribution in [0.3, 0.4) is 0 Å². The highest BCUT2D eigenvalue weighted by Crippen LogP contribution is 2.26. The third kappa shape index (κ3) is 8.46. The number of nitrogens with zero attached hydrogens (tertiary/aromatic N) is 2. The van der Waals surface area contributed by atoms with Crippen molar-refractivity contribution in [1.82, 2.24) is 10.2 Å². The van der Waals surface area contributed by atoms with Gasteiger partial charge in [0.05, 0.1) is 11.9 Å². The lowest BCUT2D eigenvalue weighted by Crippen LogP contribution is -2.53. The van der Waals surface area contributed by atoms with Gasteiger partial charge in [-0.25, -0.2) is 8.42 Å². The molecule has 39 heavy (non-hydrogen) atoms. The number of carbonyl (C=O) groups is 2. The van der Waals surface area contributed by atoms with Crippen molar-refractivity contribution in [2.75, 3.05) is 17.1 Å². The lowest BCUT2D eigenvalue weighted by Gasteiger charge is -2.33. The molecule has 0 unspecified atom stereocenters. The van der Waals surface area contributed by atoms with Crippen LogP contribution in [0.5, 0.6) is 11.5 Å². The summed E-state index contributed by atoms with van der Waals surface area (Å²) in [6.45, 7) is 5.03. The standard InChI is InChI=1S/C29H34ClN3O5S/c1-5-27(29(35)31-21(2)3)32(19-22-11-9-10-14-26(22)30)28(34)20-33(39(4,36)37)23-15-17-25(18-16-23)38-24-12-7-6-8-13-24/h6-18,21,27H,5,19-20H2,1-4H3,(H,31,35)/t27-/m1/s1. The fraction of sp³-hybridized carbons (Fsp3) is 0.310. The number of rotatable bonds is 12. The quantitative estimate of drug-likeness (QED) is 0.321. The zero-order valence-electron chi connectivity index (χ0n) is 22.5. The normalized spacial score (nSPS) is 12.1. The molecule has 3 aromatic rings. The Hall–Kier alpha value is -3.56. The average molecular weight is 572 g/mol. The maximum absolute atomic E-state index is 13.8. The fourth-order valence-electron chi connectivity index (χ4n) is 4.03. The third-order valence-electron chi connectivity index (χ3n) is 5.90. The first-order valence-corrected chi connectivity index (χ1v) is 14.9. The van der Waals surface area contributed by atoms with Crippen molar-refractivity contribution in [3.8, 4) is 11.5 Å². The van der Waals surface area contributed by atoms with E-state index in [1.165, 1.54) is 4.90 Å². The highest BCUT2D eigenvalue weighted by atomic mass is 35.5. The molecule has 8 nitrogen and oxygen atoms in total. The highest BCUT2D eigenvalue weighted by molar-refractivity contribution is 7.92. The molecule has 0 aliphatic heterocycles. The summed E-state index contributed by atoms with van der Waals surface area (Å²) in [7, 11) is -3.85. The molecule has 3 rings (SSSR count). The third-order valence-corrected chi connectivity index (χ3v) is 7.41. The molecule has 208 valence electrons. The van der Waals surface area contributed by atoms with Crippen molar-refractivity contribution in [2.24, 2.45) is 0 Å². The second-order valence-electron chi connectivity index (χ2n) is 9.38. The van der Waals surface area contributed by atoms with Gasteiger partial charge in [0.25, 0.3) is 0 Å². The molecule has 0 aromatic heterocycles. The minimum Gasteiger partial charge on any atom is -0.457 e. The van der Waals surface area contributed by atoms with E-state index in [0.717, 1.165) is 10.6 Å². The van der Waals surface area contributed by atoms with E-state index >= 15 is 0 Å². The van der Waals surface area contributed by atoms with Gasteiger partial charge in [0.2, 0.25) is 21.8 Å². The summed E-state index contributed by atoms with van der Waals surface area (Å²) in [6.07, 6.45) is 1.37. The minimum absolute atomic E-state index is 0.0456. The van der Waals surface area contributed by atoms with Crippen molar-refractivity contribution in [1.29, 1.82) is 0 Å². The molecule has 0 heterocycles. The van der Waals surface area contributed by atoms with E-state index in [0.29, 0.717) is 34.2 Å². The second kappa shape index (κ2) is 13.5. The molecular formula is C29H34ClN3O5S. The molecule has 1 N–H and O–H groups in total. The molecular weight excluding hydrogens is 538 g/mol. The number of para-hydroxylation sites is 1. The Morgan fingerprint density at radius 1 is 0.923 bits per heavy atom. The molecule has 0 saturated heterocycles. The summed E-state index contributed by atoms with van der Waals surface area (Å²) in [5, 5.41) is 3.31. The molecule has 0 spiro atoms. The van der Waals surface area contributed by atoms with Gasteiger partial charge in [-0.1, -0.05) is 54.9 Å². The predicted octanol–water partition coefficient (Wildman–Crippen LogP) is 5.23. The lowest BCUT2D eigenvalue weighted by molar-refractivity contribution is -0.140. The SMILES string of the molecule is CC[C@H](C(=O)NC(C)C)N(Cc1ccccc1Cl)C(=O)CN(c1ccc(Oc2ccccc2)cc1)S(C)(=O)=O. The Kier molecular flexibility index (Phi) is 10.4. The van der Waals surface area contributed by atoms with Gasteiger partial charge in [0.1, 0.15) is 24.1 Å². The molecule has 0 fully saturated rings. The van der Waals surface area contributed by atoms with Gasteiger partial charge in [-0.05, 0) is 68.3 Å². The molecule has 10 heteroatoms. The summed E-state index contributed by atoms with van der Waals surface area (Å²) >= 11 is 6.38. The topological polar surface area (TPSA) is 96.0 Å². The van der Waals surface area contributed by atoms with Crippen molar-refractivity contribution < 1.29 is 22.7 Å². The summed E-state index contributed by atoms with van der Waals surface area (Å²) < 4.78 is 32.5. The van der Waals surface area contributed by atoms with Crippen molar-refractivity contribution >= 4 is 39.1 Å². The van der Waals surface area contributed by atoms with Crippen LogP contribution in [-0.2, 0) is 26.2 Å². The zero-order chi connectivity index (χ0) is 28.6. The Morgan fingerprint density at radius 3 is 2.08 bits per heavy atom. The van der Waals surface area contributed by atoms with Crippen LogP contribution >= 0.6 is 11.6 Å². The summed E-state index contributed by atoms with van der Waals surface area (Å²) in [5.41, 5.74) is 0.945. The number of ether oxygens (including phenoxy) is 1. The summed E-state index contributed by atoms with van der Waals surface area (Å²) in [5.74, 6) is 0.305. The van der Waals surface area contributed by atoms with Crippen LogP contribution in [0.1, 0.15) is 32.8 Å². The Morgan fingerprint density at radius 2 is 1.51 bits per heavy atom. The first-order chi connectivity index (χ1) is 18.5. The number of carbonyl (C=O) groups excluding carboxylic acids is 2. The number of nitrogens with one attached hydrogen (secondary N) is 1. The fourth-order valence-corrected chi connectivity index (χ4v) is 5.07. The number of anilines is 1. The van der Waals surface area contributed by atoms with Crippen LogP contribution in [0.15, 0.2) is 78.9 Å². The van der Waals surface area contributed by atoms with Crippen molar-refractivity contribution in [2.45, 2.75) is 45.8 Å². The van der Waals surface area contributed by atoms with E-state index in [1.54, 1.807) is 55.5 Å². The molecule has 1 atom stereocenters. The van der Waals surface area contributed by atoms with Crippen molar-refractivity contribution in [3.63, 3.8) is 0 Å². The monoisotopic (exact) mass is 571 g/mol. The molecule has 0 saturated carbocycles. The van der Waals surface area contributed by atoms with Crippen LogP contribution in [0.25, 0.3) is 0 Å². The summed E-state index contributed by atoms with van der Waals surface area (Å²) in [4.78, 5) is 28.2. The van der Waals surface area contributed by atoms with Crippen LogP contribution in [0.4, 0.5) is 5.69 Å². The van der Waals surface area contributed by atoms with Gasteiger partial charge in [-0.2, -0.15) is 0 Å². The van der Waals surface area contributed by atoms with Gasteiger partial charge in [0, 0.05) is 17.6 Å². The number of hydrogen-bond acceptors (Lipinski definition) is 5. The Balaban J connectivity index is 1.90.